The standard InChI is InChI=1S/C23H16N2O5/c26-21(25-22(27)15-7-2-1-3-8-15)14-30-23(28)17-13-19(20-11-6-12-29-20)24-18-10-5-4-9-16(17)18/h1-13H,14H2,(H,25,26,27). The molecule has 2 aromatic carbocycles. The minimum absolute atomic E-state index is 0.245. The molecule has 0 spiro atoms. The SMILES string of the molecule is O=C(COC(=O)c1cc(-c2ccco2)nc2ccccc12)NC(=O)c1ccccc1. The Morgan fingerprint density at radius 3 is 2.47 bits per heavy atom. The van der Waals surface area contributed by atoms with Crippen molar-refractivity contribution in [3.05, 3.63) is 90.2 Å². The van der Waals surface area contributed by atoms with Gasteiger partial charge in [-0.25, -0.2) is 9.78 Å². The quantitative estimate of drug-likeness (QED) is 0.514. The minimum Gasteiger partial charge on any atom is -0.463 e. The van der Waals surface area contributed by atoms with Crippen LogP contribution in [0.4, 0.5) is 0 Å². The van der Waals surface area contributed by atoms with Crippen LogP contribution in [0.1, 0.15) is 20.7 Å². The monoisotopic (exact) mass is 400 g/mol. The number of aromatic nitrogens is 1. The summed E-state index contributed by atoms with van der Waals surface area (Å²) in [7, 11) is 0. The van der Waals surface area contributed by atoms with E-state index in [1.807, 2.05) is 0 Å². The number of imide groups is 1. The number of nitrogens with zero attached hydrogens (tertiary/aromatic N) is 1. The Morgan fingerprint density at radius 2 is 1.70 bits per heavy atom. The van der Waals surface area contributed by atoms with E-state index < -0.39 is 24.4 Å². The highest BCUT2D eigenvalue weighted by molar-refractivity contribution is 6.07. The Hall–Kier alpha value is -4.26. The Kier molecular flexibility index (Phi) is 5.34. The molecule has 0 unspecified atom stereocenters. The highest BCUT2D eigenvalue weighted by atomic mass is 16.5. The zero-order valence-electron chi connectivity index (χ0n) is 15.7. The van der Waals surface area contributed by atoms with Crippen LogP contribution >= 0.6 is 0 Å². The van der Waals surface area contributed by atoms with Crippen molar-refractivity contribution in [1.82, 2.24) is 10.3 Å². The molecule has 7 heteroatoms. The average Bonchev–Trinajstić information content (AvgIpc) is 3.32. The van der Waals surface area contributed by atoms with E-state index >= 15 is 0 Å². The number of nitrogens with one attached hydrogen (secondary N) is 1. The van der Waals surface area contributed by atoms with Crippen LogP contribution in [0, 0.1) is 0 Å². The first kappa shape index (κ1) is 19.1. The number of carbonyl (C=O) groups is 3. The van der Waals surface area contributed by atoms with Gasteiger partial charge in [0.2, 0.25) is 0 Å². The summed E-state index contributed by atoms with van der Waals surface area (Å²) in [4.78, 5) is 41.3. The van der Waals surface area contributed by atoms with Crippen molar-refractivity contribution in [3.63, 3.8) is 0 Å². The van der Waals surface area contributed by atoms with E-state index in [2.05, 4.69) is 10.3 Å². The molecule has 1 N–H and O–H groups in total. The number of pyridine rings is 1. The number of benzene rings is 2. The first-order valence-corrected chi connectivity index (χ1v) is 9.12. The Balaban J connectivity index is 1.50. The maximum Gasteiger partial charge on any atom is 0.339 e. The van der Waals surface area contributed by atoms with Gasteiger partial charge in [0.25, 0.3) is 11.8 Å². The lowest BCUT2D eigenvalue weighted by atomic mass is 10.1. The maximum absolute atomic E-state index is 12.7. The predicted molar refractivity (Wildman–Crippen MR) is 109 cm³/mol. The Labute approximate surface area is 171 Å². The lowest BCUT2D eigenvalue weighted by molar-refractivity contribution is -0.123. The fraction of sp³-hybridized carbons (Fsp3) is 0.0435. The van der Waals surface area contributed by atoms with E-state index in [-0.39, 0.29) is 5.56 Å². The molecule has 4 rings (SSSR count). The molecule has 0 bridgehead atoms. The molecule has 0 radical (unpaired) electrons. The number of esters is 1. The first-order valence-electron chi connectivity index (χ1n) is 9.12. The number of para-hydroxylation sites is 1. The van der Waals surface area contributed by atoms with Crippen LogP contribution in [-0.4, -0.2) is 29.4 Å². The van der Waals surface area contributed by atoms with Crippen molar-refractivity contribution in [2.45, 2.75) is 0 Å². The van der Waals surface area contributed by atoms with Gasteiger partial charge in [0.05, 0.1) is 17.3 Å². The number of ether oxygens (including phenoxy) is 1. The summed E-state index contributed by atoms with van der Waals surface area (Å²) < 4.78 is 10.5. The molecule has 30 heavy (non-hydrogen) atoms. The third-order valence-electron chi connectivity index (χ3n) is 4.33. The maximum atomic E-state index is 12.7. The number of amides is 2. The number of hydrogen-bond acceptors (Lipinski definition) is 6. The van der Waals surface area contributed by atoms with Crippen molar-refractivity contribution >= 4 is 28.7 Å². The van der Waals surface area contributed by atoms with Crippen LogP contribution in [0.25, 0.3) is 22.4 Å². The van der Waals surface area contributed by atoms with Crippen molar-refractivity contribution < 1.29 is 23.5 Å². The lowest BCUT2D eigenvalue weighted by Gasteiger charge is -2.09. The Bertz CT molecular complexity index is 1220. The van der Waals surface area contributed by atoms with Crippen LogP contribution < -0.4 is 5.32 Å². The molecule has 0 aliphatic carbocycles. The van der Waals surface area contributed by atoms with Gasteiger partial charge in [0, 0.05) is 10.9 Å². The average molecular weight is 400 g/mol. The van der Waals surface area contributed by atoms with Crippen molar-refractivity contribution in [2.75, 3.05) is 6.61 Å². The van der Waals surface area contributed by atoms with Gasteiger partial charge in [0.1, 0.15) is 5.69 Å². The fourth-order valence-electron chi connectivity index (χ4n) is 2.93. The second-order valence-electron chi connectivity index (χ2n) is 6.37. The second-order valence-corrected chi connectivity index (χ2v) is 6.37. The van der Waals surface area contributed by atoms with E-state index in [9.17, 15) is 14.4 Å². The first-order chi connectivity index (χ1) is 14.6. The summed E-state index contributed by atoms with van der Waals surface area (Å²) in [6, 6.07) is 20.4. The molecule has 0 aliphatic heterocycles. The van der Waals surface area contributed by atoms with E-state index in [4.69, 9.17) is 9.15 Å². The topological polar surface area (TPSA) is 98.5 Å². The molecular formula is C23H16N2O5. The number of hydrogen-bond donors (Lipinski definition) is 1. The van der Waals surface area contributed by atoms with Crippen molar-refractivity contribution in [1.29, 1.82) is 0 Å². The van der Waals surface area contributed by atoms with Gasteiger partial charge >= 0.3 is 5.97 Å². The normalized spacial score (nSPS) is 10.5. The van der Waals surface area contributed by atoms with E-state index in [0.29, 0.717) is 27.9 Å². The zero-order valence-corrected chi connectivity index (χ0v) is 15.7. The summed E-state index contributed by atoms with van der Waals surface area (Å²) in [6.45, 7) is -0.593. The van der Waals surface area contributed by atoms with Crippen LogP contribution in [0.2, 0.25) is 0 Å². The van der Waals surface area contributed by atoms with Gasteiger partial charge in [-0.05, 0) is 36.4 Å². The molecule has 2 amide bonds. The third kappa shape index (κ3) is 4.10. The summed E-state index contributed by atoms with van der Waals surface area (Å²) in [6.07, 6.45) is 1.51. The highest BCUT2D eigenvalue weighted by Gasteiger charge is 2.18. The van der Waals surface area contributed by atoms with Crippen molar-refractivity contribution in [3.8, 4) is 11.5 Å². The largest absolute Gasteiger partial charge is 0.463 e. The molecular weight excluding hydrogens is 384 g/mol. The predicted octanol–water partition coefficient (Wildman–Crippen LogP) is 3.61. The molecule has 7 nitrogen and oxygen atoms in total. The van der Waals surface area contributed by atoms with Crippen LogP contribution in [0.15, 0.2) is 83.5 Å². The van der Waals surface area contributed by atoms with Gasteiger partial charge in [-0.1, -0.05) is 36.4 Å². The van der Waals surface area contributed by atoms with Crippen LogP contribution in [-0.2, 0) is 9.53 Å². The molecule has 2 aromatic heterocycles. The fourth-order valence-corrected chi connectivity index (χ4v) is 2.93. The minimum atomic E-state index is -0.721. The lowest BCUT2D eigenvalue weighted by Crippen LogP contribution is -2.34. The number of rotatable bonds is 5. The highest BCUT2D eigenvalue weighted by Crippen LogP contribution is 2.25. The van der Waals surface area contributed by atoms with Crippen molar-refractivity contribution in [2.24, 2.45) is 0 Å². The molecule has 0 atom stereocenters. The number of furan rings is 1. The van der Waals surface area contributed by atoms with Gasteiger partial charge in [-0.3, -0.25) is 14.9 Å². The molecule has 0 saturated carbocycles. The van der Waals surface area contributed by atoms with Gasteiger partial charge in [0.15, 0.2) is 12.4 Å². The van der Waals surface area contributed by atoms with Gasteiger partial charge in [-0.2, -0.15) is 0 Å². The number of fused-ring (bicyclic) bond motifs is 1. The summed E-state index contributed by atoms with van der Waals surface area (Å²) in [5.74, 6) is -1.49. The molecule has 148 valence electrons. The number of carbonyl (C=O) groups excluding carboxylic acids is 3. The van der Waals surface area contributed by atoms with Crippen LogP contribution in [0.5, 0.6) is 0 Å². The summed E-state index contributed by atoms with van der Waals surface area (Å²) in [5.41, 5.74) is 1.63. The summed E-state index contributed by atoms with van der Waals surface area (Å²) >= 11 is 0. The van der Waals surface area contributed by atoms with Gasteiger partial charge in [-0.15, -0.1) is 0 Å². The molecule has 0 aliphatic rings. The van der Waals surface area contributed by atoms with E-state index in [1.165, 1.54) is 6.26 Å². The third-order valence-corrected chi connectivity index (χ3v) is 4.33. The molecule has 0 fully saturated rings. The Morgan fingerprint density at radius 1 is 0.933 bits per heavy atom. The smallest absolute Gasteiger partial charge is 0.339 e. The van der Waals surface area contributed by atoms with Gasteiger partial charge < -0.3 is 9.15 Å². The zero-order chi connectivity index (χ0) is 20.9. The molecule has 4 aromatic rings. The van der Waals surface area contributed by atoms with E-state index in [0.717, 1.165) is 0 Å². The van der Waals surface area contributed by atoms with Crippen LogP contribution in [0.3, 0.4) is 0 Å². The molecule has 2 heterocycles. The van der Waals surface area contributed by atoms with E-state index in [1.54, 1.807) is 72.8 Å². The molecule has 0 saturated heterocycles. The second kappa shape index (κ2) is 8.40. The summed E-state index contributed by atoms with van der Waals surface area (Å²) in [5, 5.41) is 2.77.